The summed E-state index contributed by atoms with van der Waals surface area (Å²) in [6.45, 7) is 2.03. The molecule has 0 aliphatic rings. The van der Waals surface area contributed by atoms with Crippen molar-refractivity contribution in [2.75, 3.05) is 0 Å². The predicted octanol–water partition coefficient (Wildman–Crippen LogP) is 2.22. The van der Waals surface area contributed by atoms with Gasteiger partial charge >= 0.3 is 0 Å². The Hall–Kier alpha value is -1.15. The van der Waals surface area contributed by atoms with Crippen molar-refractivity contribution in [3.63, 3.8) is 0 Å². The van der Waals surface area contributed by atoms with Crippen LogP contribution in [0, 0.1) is 0 Å². The van der Waals surface area contributed by atoms with E-state index >= 15 is 0 Å². The van der Waals surface area contributed by atoms with Gasteiger partial charge in [0.15, 0.2) is 0 Å². The van der Waals surface area contributed by atoms with E-state index in [0.29, 0.717) is 6.04 Å². The molecule has 0 saturated carbocycles. The Balaban J connectivity index is 2.33. The maximum Gasteiger partial charge on any atom is 0.0340 e. The van der Waals surface area contributed by atoms with Gasteiger partial charge in [0, 0.05) is 18.4 Å². The van der Waals surface area contributed by atoms with Crippen LogP contribution in [0.3, 0.4) is 0 Å². The van der Waals surface area contributed by atoms with E-state index in [4.69, 9.17) is 5.73 Å². The van der Waals surface area contributed by atoms with Gasteiger partial charge in [0.1, 0.15) is 0 Å². The molecule has 1 aromatic rings. The maximum atomic E-state index is 5.63. The van der Waals surface area contributed by atoms with Gasteiger partial charge < -0.3 is 5.73 Å². The van der Waals surface area contributed by atoms with Crippen molar-refractivity contribution >= 4 is 6.08 Å². The maximum absolute atomic E-state index is 5.63. The fourth-order valence-electron chi connectivity index (χ4n) is 1.05. The lowest BCUT2D eigenvalue weighted by Gasteiger charge is -1.99. The van der Waals surface area contributed by atoms with E-state index in [1.54, 1.807) is 6.20 Å². The van der Waals surface area contributed by atoms with Crippen molar-refractivity contribution in [2.45, 2.75) is 25.8 Å². The summed E-state index contributed by atoms with van der Waals surface area (Å²) in [6, 6.07) is 4.26. The molecule has 70 valence electrons. The Morgan fingerprint density at radius 1 is 1.62 bits per heavy atom. The highest BCUT2D eigenvalue weighted by molar-refractivity contribution is 5.47. The molecule has 1 aromatic heterocycles. The molecule has 13 heavy (non-hydrogen) atoms. The van der Waals surface area contributed by atoms with Gasteiger partial charge in [-0.05, 0) is 31.4 Å². The molecular weight excluding hydrogens is 160 g/mol. The Labute approximate surface area is 79.5 Å². The zero-order valence-corrected chi connectivity index (χ0v) is 7.98. The molecule has 1 atom stereocenters. The van der Waals surface area contributed by atoms with Gasteiger partial charge in [-0.3, -0.25) is 4.98 Å². The molecule has 1 unspecified atom stereocenters. The molecule has 0 aliphatic carbocycles. The molecule has 2 N–H and O–H groups in total. The van der Waals surface area contributed by atoms with Crippen molar-refractivity contribution < 1.29 is 0 Å². The number of hydrogen-bond donors (Lipinski definition) is 1. The van der Waals surface area contributed by atoms with E-state index < -0.39 is 0 Å². The Morgan fingerprint density at radius 3 is 3.08 bits per heavy atom. The summed E-state index contributed by atoms with van der Waals surface area (Å²) in [5, 5.41) is 0. The van der Waals surface area contributed by atoms with Crippen molar-refractivity contribution in [2.24, 2.45) is 5.73 Å². The number of nitrogens with two attached hydrogens (primary N) is 1. The van der Waals surface area contributed by atoms with Gasteiger partial charge in [-0.25, -0.2) is 0 Å². The lowest BCUT2D eigenvalue weighted by molar-refractivity contribution is 0.677. The molecular formula is C11H16N2. The summed E-state index contributed by atoms with van der Waals surface area (Å²) in [5.74, 6) is 0. The van der Waals surface area contributed by atoms with Gasteiger partial charge in [0.05, 0.1) is 0 Å². The van der Waals surface area contributed by atoms with E-state index in [9.17, 15) is 0 Å². The molecule has 0 aliphatic heterocycles. The molecule has 0 amide bonds. The summed E-state index contributed by atoms with van der Waals surface area (Å²) in [6.07, 6.45) is 9.92. The number of rotatable bonds is 4. The average molecular weight is 176 g/mol. The summed E-state index contributed by atoms with van der Waals surface area (Å²) in [7, 11) is 0. The molecule has 2 nitrogen and oxygen atoms in total. The summed E-state index contributed by atoms with van der Waals surface area (Å²) >= 11 is 0. The number of nitrogens with zero attached hydrogens (tertiary/aromatic N) is 1. The second kappa shape index (κ2) is 5.49. The molecule has 0 bridgehead atoms. The third kappa shape index (κ3) is 4.43. The van der Waals surface area contributed by atoms with E-state index in [0.717, 1.165) is 18.4 Å². The smallest absolute Gasteiger partial charge is 0.0340 e. The molecule has 2 heteroatoms. The topological polar surface area (TPSA) is 38.9 Å². The van der Waals surface area contributed by atoms with Crippen LogP contribution in [0.4, 0.5) is 0 Å². The Bertz CT molecular complexity index is 252. The SMILES string of the molecule is CC(N)CCC=Cc1cccnc1. The molecule has 1 heterocycles. The van der Waals surface area contributed by atoms with E-state index in [1.807, 2.05) is 25.3 Å². The van der Waals surface area contributed by atoms with Crippen LogP contribution in [0.25, 0.3) is 6.08 Å². The van der Waals surface area contributed by atoms with Crippen LogP contribution in [-0.2, 0) is 0 Å². The second-order valence-corrected chi connectivity index (χ2v) is 3.24. The van der Waals surface area contributed by atoms with Gasteiger partial charge in [0.2, 0.25) is 0 Å². The highest BCUT2D eigenvalue weighted by Crippen LogP contribution is 2.01. The molecule has 0 aromatic carbocycles. The first-order valence-corrected chi connectivity index (χ1v) is 4.61. The first-order valence-electron chi connectivity index (χ1n) is 4.61. The fraction of sp³-hybridized carbons (Fsp3) is 0.364. The minimum atomic E-state index is 0.290. The highest BCUT2D eigenvalue weighted by Gasteiger charge is 1.89. The number of aromatic nitrogens is 1. The van der Waals surface area contributed by atoms with Gasteiger partial charge in [-0.15, -0.1) is 0 Å². The number of pyridine rings is 1. The van der Waals surface area contributed by atoms with E-state index in [2.05, 4.69) is 17.1 Å². The lowest BCUT2D eigenvalue weighted by Crippen LogP contribution is -2.13. The zero-order valence-electron chi connectivity index (χ0n) is 7.98. The van der Waals surface area contributed by atoms with Crippen LogP contribution in [0.15, 0.2) is 30.6 Å². The summed E-state index contributed by atoms with van der Waals surface area (Å²) in [5.41, 5.74) is 6.77. The average Bonchev–Trinajstić information content (AvgIpc) is 2.14. The van der Waals surface area contributed by atoms with Crippen molar-refractivity contribution in [3.8, 4) is 0 Å². The van der Waals surface area contributed by atoms with Crippen molar-refractivity contribution in [1.29, 1.82) is 0 Å². The Morgan fingerprint density at radius 2 is 2.46 bits per heavy atom. The number of hydrogen-bond acceptors (Lipinski definition) is 2. The van der Waals surface area contributed by atoms with Crippen LogP contribution in [0.5, 0.6) is 0 Å². The normalized spacial score (nSPS) is 13.4. The molecule has 0 radical (unpaired) electrons. The fourth-order valence-corrected chi connectivity index (χ4v) is 1.05. The van der Waals surface area contributed by atoms with E-state index in [1.165, 1.54) is 0 Å². The van der Waals surface area contributed by atoms with Crippen molar-refractivity contribution in [1.82, 2.24) is 4.98 Å². The van der Waals surface area contributed by atoms with Gasteiger partial charge in [-0.1, -0.05) is 18.2 Å². The predicted molar refractivity (Wildman–Crippen MR) is 56.2 cm³/mol. The minimum absolute atomic E-state index is 0.290. The standard InChI is InChI=1S/C11H16N2/c1-10(12)5-2-3-6-11-7-4-8-13-9-11/h3-4,6-10H,2,5,12H2,1H3. The minimum Gasteiger partial charge on any atom is -0.328 e. The largest absolute Gasteiger partial charge is 0.328 e. The van der Waals surface area contributed by atoms with Crippen LogP contribution in [-0.4, -0.2) is 11.0 Å². The molecule has 0 spiro atoms. The zero-order chi connectivity index (χ0) is 9.52. The monoisotopic (exact) mass is 176 g/mol. The van der Waals surface area contributed by atoms with Crippen molar-refractivity contribution in [3.05, 3.63) is 36.2 Å². The third-order valence-electron chi connectivity index (χ3n) is 1.78. The van der Waals surface area contributed by atoms with Crippen LogP contribution in [0.1, 0.15) is 25.3 Å². The number of allylic oxidation sites excluding steroid dienone is 1. The first kappa shape index (κ1) is 9.93. The summed E-state index contributed by atoms with van der Waals surface area (Å²) < 4.78 is 0. The van der Waals surface area contributed by atoms with Crippen LogP contribution < -0.4 is 5.73 Å². The molecule has 1 rings (SSSR count). The third-order valence-corrected chi connectivity index (χ3v) is 1.78. The second-order valence-electron chi connectivity index (χ2n) is 3.24. The molecule has 0 fully saturated rings. The van der Waals surface area contributed by atoms with E-state index in [-0.39, 0.29) is 0 Å². The summed E-state index contributed by atoms with van der Waals surface area (Å²) in [4.78, 5) is 4.02. The first-order chi connectivity index (χ1) is 6.29. The lowest BCUT2D eigenvalue weighted by atomic mass is 10.1. The molecule has 0 saturated heterocycles. The van der Waals surface area contributed by atoms with Crippen LogP contribution >= 0.6 is 0 Å². The highest BCUT2D eigenvalue weighted by atomic mass is 14.6. The van der Waals surface area contributed by atoms with Gasteiger partial charge in [-0.2, -0.15) is 0 Å². The Kier molecular flexibility index (Phi) is 4.19. The van der Waals surface area contributed by atoms with Gasteiger partial charge in [0.25, 0.3) is 0 Å². The quantitative estimate of drug-likeness (QED) is 0.764. The van der Waals surface area contributed by atoms with Crippen LogP contribution in [0.2, 0.25) is 0 Å².